The number of aromatic hydroxyl groups is 1. The molecule has 1 fully saturated rings. The molecule has 0 aliphatic heterocycles. The lowest BCUT2D eigenvalue weighted by Crippen LogP contribution is -2.65. The smallest absolute Gasteiger partial charge is 0.255 e. The first-order valence-electron chi connectivity index (χ1n) is 13.2. The number of anilines is 1. The molecule has 4 rings (SSSR count). The molecule has 1 amide bonds. The van der Waals surface area contributed by atoms with Gasteiger partial charge >= 0.3 is 0 Å². The van der Waals surface area contributed by atoms with Crippen LogP contribution in [0.15, 0.2) is 23.0 Å². The van der Waals surface area contributed by atoms with Gasteiger partial charge in [0.1, 0.15) is 22.8 Å². The van der Waals surface area contributed by atoms with Crippen LogP contribution in [0, 0.1) is 11.8 Å². The van der Waals surface area contributed by atoms with E-state index in [0.717, 1.165) is 0 Å². The molecular weight excluding hydrogens is 520 g/mol. The van der Waals surface area contributed by atoms with E-state index in [1.54, 1.807) is 20.2 Å². The third-order valence-electron chi connectivity index (χ3n) is 8.46. The number of benzene rings is 1. The first-order valence-corrected chi connectivity index (χ1v) is 13.2. The van der Waals surface area contributed by atoms with Gasteiger partial charge in [-0.25, -0.2) is 0 Å². The lowest BCUT2D eigenvalue weighted by Gasteiger charge is -2.50. The SMILES string of the molecule is CC(CCO)NCc1cc(N(C)C)c2c(c1O)C(O)=C1C(=O)[C@]3(O)C(O)=C(C(N)=O)C(=O)C(N(C)C)[C@@H]3C[C@@H]1C2. The van der Waals surface area contributed by atoms with Crippen molar-refractivity contribution < 1.29 is 39.9 Å². The summed E-state index contributed by atoms with van der Waals surface area (Å²) in [5.41, 5.74) is 3.47. The van der Waals surface area contributed by atoms with Gasteiger partial charge in [-0.1, -0.05) is 0 Å². The number of rotatable bonds is 8. The lowest BCUT2D eigenvalue weighted by atomic mass is 9.57. The van der Waals surface area contributed by atoms with Gasteiger partial charge in [-0.3, -0.25) is 19.3 Å². The molecule has 218 valence electrons. The van der Waals surface area contributed by atoms with Crippen LogP contribution in [0.5, 0.6) is 5.75 Å². The Labute approximate surface area is 232 Å². The highest BCUT2D eigenvalue weighted by Crippen LogP contribution is 2.54. The van der Waals surface area contributed by atoms with Crippen molar-refractivity contribution in [1.29, 1.82) is 0 Å². The van der Waals surface area contributed by atoms with Crippen molar-refractivity contribution in [2.45, 2.75) is 50.4 Å². The second kappa shape index (κ2) is 10.5. The van der Waals surface area contributed by atoms with E-state index in [4.69, 9.17) is 5.73 Å². The van der Waals surface area contributed by atoms with Gasteiger partial charge < -0.3 is 41.5 Å². The van der Waals surface area contributed by atoms with Crippen LogP contribution in [-0.2, 0) is 27.3 Å². The van der Waals surface area contributed by atoms with Crippen LogP contribution < -0.4 is 16.0 Å². The summed E-state index contributed by atoms with van der Waals surface area (Å²) in [6, 6.07) is 0.610. The van der Waals surface area contributed by atoms with Crippen LogP contribution in [0.1, 0.15) is 36.5 Å². The number of amides is 1. The van der Waals surface area contributed by atoms with E-state index < -0.39 is 58.0 Å². The molecule has 1 aromatic rings. The number of carbonyl (C=O) groups excluding carboxylic acids is 3. The maximum absolute atomic E-state index is 14.0. The zero-order valence-corrected chi connectivity index (χ0v) is 23.4. The first kappa shape index (κ1) is 29.5. The number of phenols is 1. The number of likely N-dealkylation sites (N-methyl/N-ethyl adjacent to an activating group) is 1. The topological polar surface area (TPSA) is 197 Å². The maximum Gasteiger partial charge on any atom is 0.255 e. The molecule has 0 bridgehead atoms. The van der Waals surface area contributed by atoms with Crippen LogP contribution >= 0.6 is 0 Å². The monoisotopic (exact) mass is 558 g/mol. The molecule has 40 heavy (non-hydrogen) atoms. The summed E-state index contributed by atoms with van der Waals surface area (Å²) in [6.07, 6.45) is 0.740. The van der Waals surface area contributed by atoms with Gasteiger partial charge in [0.05, 0.1) is 11.6 Å². The van der Waals surface area contributed by atoms with E-state index in [0.29, 0.717) is 23.2 Å². The summed E-state index contributed by atoms with van der Waals surface area (Å²) in [5, 5.41) is 58.0. The van der Waals surface area contributed by atoms with Crippen molar-refractivity contribution in [1.82, 2.24) is 10.2 Å². The maximum atomic E-state index is 14.0. The summed E-state index contributed by atoms with van der Waals surface area (Å²) in [6.45, 7) is 2.09. The van der Waals surface area contributed by atoms with Gasteiger partial charge in [0.25, 0.3) is 5.91 Å². The predicted molar refractivity (Wildman–Crippen MR) is 147 cm³/mol. The number of carbonyl (C=O) groups is 3. The molecule has 8 N–H and O–H groups in total. The number of aliphatic hydroxyl groups is 4. The number of Topliss-reactive ketones (excluding diaryl/α,β-unsaturated/α-hetero) is 2. The minimum absolute atomic E-state index is 0.00733. The largest absolute Gasteiger partial charge is 0.508 e. The minimum atomic E-state index is -2.68. The number of primary amides is 1. The second-order valence-electron chi connectivity index (χ2n) is 11.4. The number of hydrogen-bond acceptors (Lipinski definition) is 11. The standard InChI is InChI=1S/C28H38N4O8/c1-12(6-7-33)30-11-14-10-17(31(2)3)15-8-13-9-16-21(32(4)5)24(36)20(27(29)39)26(38)28(16,40)25(37)18(13)23(35)19(15)22(14)34/h10,12-13,16,21,30,33-35,38,40H,6-9,11H2,1-5H3,(H2,29,39)/t12?,13-,16-,21?,28-/m0/s1. The second-order valence-corrected chi connectivity index (χ2v) is 11.4. The predicted octanol–water partition coefficient (Wildman–Crippen LogP) is -0.109. The first-order chi connectivity index (χ1) is 18.7. The van der Waals surface area contributed by atoms with Crippen molar-refractivity contribution >= 4 is 28.9 Å². The molecule has 1 aromatic carbocycles. The Morgan fingerprint density at radius 2 is 1.85 bits per heavy atom. The van der Waals surface area contributed by atoms with Crippen LogP contribution in [-0.4, -0.2) is 100 Å². The van der Waals surface area contributed by atoms with Gasteiger partial charge in [-0.05, 0) is 57.8 Å². The number of nitrogens with one attached hydrogen (secondary N) is 1. The fourth-order valence-electron chi connectivity index (χ4n) is 6.46. The fourth-order valence-corrected chi connectivity index (χ4v) is 6.46. The molecule has 12 heteroatoms. The normalized spacial score (nSPS) is 26.9. The Morgan fingerprint density at radius 1 is 1.20 bits per heavy atom. The zero-order valence-electron chi connectivity index (χ0n) is 23.4. The van der Waals surface area contributed by atoms with Crippen LogP contribution in [0.2, 0.25) is 0 Å². The number of aliphatic hydroxyl groups excluding tert-OH is 3. The summed E-state index contributed by atoms with van der Waals surface area (Å²) in [7, 11) is 6.75. The summed E-state index contributed by atoms with van der Waals surface area (Å²) >= 11 is 0. The third kappa shape index (κ3) is 4.35. The molecule has 0 saturated heterocycles. The molecular formula is C28H38N4O8. The van der Waals surface area contributed by atoms with Crippen molar-refractivity contribution in [2.24, 2.45) is 17.6 Å². The Hall–Kier alpha value is -3.45. The van der Waals surface area contributed by atoms with Crippen LogP contribution in [0.3, 0.4) is 0 Å². The molecule has 2 unspecified atom stereocenters. The van der Waals surface area contributed by atoms with E-state index in [2.05, 4.69) is 5.32 Å². The van der Waals surface area contributed by atoms with Gasteiger partial charge in [0.2, 0.25) is 5.78 Å². The van der Waals surface area contributed by atoms with E-state index >= 15 is 0 Å². The Kier molecular flexibility index (Phi) is 7.76. The summed E-state index contributed by atoms with van der Waals surface area (Å²) in [4.78, 5) is 42.7. The lowest BCUT2D eigenvalue weighted by molar-refractivity contribution is -0.153. The van der Waals surface area contributed by atoms with E-state index in [1.807, 2.05) is 25.9 Å². The fraction of sp³-hybridized carbons (Fsp3) is 0.536. The number of ketones is 2. The number of nitrogens with two attached hydrogens (primary N) is 1. The Bertz CT molecular complexity index is 1330. The van der Waals surface area contributed by atoms with Gasteiger partial charge in [0.15, 0.2) is 11.4 Å². The molecule has 0 aromatic heterocycles. The average Bonchev–Trinajstić information content (AvgIpc) is 2.85. The highest BCUT2D eigenvalue weighted by molar-refractivity contribution is 6.24. The molecule has 5 atom stereocenters. The molecule has 3 aliphatic rings. The Morgan fingerprint density at radius 3 is 2.40 bits per heavy atom. The molecule has 0 heterocycles. The van der Waals surface area contributed by atoms with Crippen molar-refractivity contribution in [3.05, 3.63) is 39.7 Å². The Balaban J connectivity index is 1.91. The van der Waals surface area contributed by atoms with E-state index in [1.165, 1.54) is 4.90 Å². The molecule has 3 aliphatic carbocycles. The van der Waals surface area contributed by atoms with Crippen LogP contribution in [0.4, 0.5) is 5.69 Å². The number of phenolic OH excluding ortho intramolecular Hbond substituents is 1. The quantitative estimate of drug-likeness (QED) is 0.210. The van der Waals surface area contributed by atoms with E-state index in [-0.39, 0.29) is 48.9 Å². The van der Waals surface area contributed by atoms with Gasteiger partial charge in [-0.15, -0.1) is 0 Å². The van der Waals surface area contributed by atoms with Crippen LogP contribution in [0.25, 0.3) is 5.76 Å². The highest BCUT2D eigenvalue weighted by atomic mass is 16.3. The average molecular weight is 559 g/mol. The zero-order chi connectivity index (χ0) is 29.8. The number of nitrogens with zero attached hydrogens (tertiary/aromatic N) is 2. The summed E-state index contributed by atoms with van der Waals surface area (Å²) in [5.74, 6) is -6.75. The highest BCUT2D eigenvalue weighted by Gasteiger charge is 2.64. The van der Waals surface area contributed by atoms with E-state index in [9.17, 15) is 39.9 Å². The third-order valence-corrected chi connectivity index (χ3v) is 8.46. The molecule has 12 nitrogen and oxygen atoms in total. The van der Waals surface area contributed by atoms with Crippen molar-refractivity contribution in [3.8, 4) is 5.75 Å². The molecule has 0 spiro atoms. The molecule has 0 radical (unpaired) electrons. The van der Waals surface area contributed by atoms with Gasteiger partial charge in [0, 0.05) is 56.0 Å². The van der Waals surface area contributed by atoms with Gasteiger partial charge in [-0.2, -0.15) is 0 Å². The van der Waals surface area contributed by atoms with Crippen molar-refractivity contribution in [3.63, 3.8) is 0 Å². The van der Waals surface area contributed by atoms with Crippen molar-refractivity contribution in [2.75, 3.05) is 39.7 Å². The minimum Gasteiger partial charge on any atom is -0.508 e. The number of fused-ring (bicyclic) bond motifs is 3. The molecule has 1 saturated carbocycles. The number of hydrogen-bond donors (Lipinski definition) is 7. The summed E-state index contributed by atoms with van der Waals surface area (Å²) < 4.78 is 0.